The number of hydrogen-bond acceptors (Lipinski definition) is 2. The third kappa shape index (κ3) is 2.55. The maximum absolute atomic E-state index is 11.8. The fourth-order valence-electron chi connectivity index (χ4n) is 2.07. The summed E-state index contributed by atoms with van der Waals surface area (Å²) in [4.78, 5) is 11.8. The van der Waals surface area contributed by atoms with Crippen molar-refractivity contribution in [3.05, 3.63) is 18.0 Å². The van der Waals surface area contributed by atoms with Gasteiger partial charge in [0, 0.05) is 24.8 Å². The number of hydrogen-bond donors (Lipinski definition) is 1. The highest BCUT2D eigenvalue weighted by atomic mass is 35.5. The number of nitrogens with one attached hydrogen (secondary N) is 1. The standard InChI is InChI=1S/C11H16ClN3O/c1-15-7-8(6-13-15)10(12)11(16)14-9-4-2-3-5-9/h6-7,9-10H,2-5H2,1H3,(H,14,16). The van der Waals surface area contributed by atoms with Crippen LogP contribution in [0.1, 0.15) is 36.6 Å². The summed E-state index contributed by atoms with van der Waals surface area (Å²) in [5.74, 6) is -0.110. The number of amides is 1. The van der Waals surface area contributed by atoms with Crippen molar-refractivity contribution in [3.63, 3.8) is 0 Å². The van der Waals surface area contributed by atoms with E-state index in [1.807, 2.05) is 7.05 Å². The number of rotatable bonds is 3. The summed E-state index contributed by atoms with van der Waals surface area (Å²) >= 11 is 6.08. The Labute approximate surface area is 100.0 Å². The molecule has 0 spiro atoms. The SMILES string of the molecule is Cn1cc(C(Cl)C(=O)NC2CCCC2)cn1. The molecule has 1 saturated carbocycles. The van der Waals surface area contributed by atoms with Crippen molar-refractivity contribution < 1.29 is 4.79 Å². The van der Waals surface area contributed by atoms with E-state index in [1.54, 1.807) is 17.1 Å². The first-order valence-corrected chi connectivity index (χ1v) is 6.03. The Balaban J connectivity index is 1.93. The van der Waals surface area contributed by atoms with Crippen LogP contribution in [0.5, 0.6) is 0 Å². The number of halogens is 1. The van der Waals surface area contributed by atoms with Gasteiger partial charge in [-0.2, -0.15) is 5.10 Å². The molecule has 1 heterocycles. The lowest BCUT2D eigenvalue weighted by Crippen LogP contribution is -2.34. The first-order valence-electron chi connectivity index (χ1n) is 5.60. The minimum atomic E-state index is -0.630. The predicted octanol–water partition coefficient (Wildman–Crippen LogP) is 1.76. The molecule has 0 aliphatic heterocycles. The van der Waals surface area contributed by atoms with Crippen molar-refractivity contribution in [2.75, 3.05) is 0 Å². The van der Waals surface area contributed by atoms with Crippen LogP contribution in [0.4, 0.5) is 0 Å². The van der Waals surface area contributed by atoms with Crippen molar-refractivity contribution in [3.8, 4) is 0 Å². The number of aryl methyl sites for hydroxylation is 1. The van der Waals surface area contributed by atoms with Gasteiger partial charge in [0.15, 0.2) is 0 Å². The normalized spacial score (nSPS) is 18.6. The van der Waals surface area contributed by atoms with Gasteiger partial charge in [-0.3, -0.25) is 9.48 Å². The fraction of sp³-hybridized carbons (Fsp3) is 0.636. The molecule has 0 radical (unpaired) electrons. The van der Waals surface area contributed by atoms with Gasteiger partial charge in [-0.25, -0.2) is 0 Å². The molecule has 5 heteroatoms. The molecule has 1 amide bonds. The molecule has 88 valence electrons. The van der Waals surface area contributed by atoms with Gasteiger partial charge in [-0.05, 0) is 12.8 Å². The second kappa shape index (κ2) is 4.87. The topological polar surface area (TPSA) is 46.9 Å². The van der Waals surface area contributed by atoms with E-state index in [-0.39, 0.29) is 5.91 Å². The van der Waals surface area contributed by atoms with E-state index in [4.69, 9.17) is 11.6 Å². The number of carbonyl (C=O) groups is 1. The maximum atomic E-state index is 11.8. The number of aromatic nitrogens is 2. The van der Waals surface area contributed by atoms with Crippen molar-refractivity contribution in [2.45, 2.75) is 37.1 Å². The highest BCUT2D eigenvalue weighted by Gasteiger charge is 2.23. The second-order valence-corrected chi connectivity index (χ2v) is 4.74. The number of carbonyl (C=O) groups excluding carboxylic acids is 1. The van der Waals surface area contributed by atoms with E-state index in [0.29, 0.717) is 6.04 Å². The lowest BCUT2D eigenvalue weighted by molar-refractivity contribution is -0.121. The van der Waals surface area contributed by atoms with E-state index < -0.39 is 5.38 Å². The van der Waals surface area contributed by atoms with Gasteiger partial charge in [-0.1, -0.05) is 12.8 Å². The van der Waals surface area contributed by atoms with Gasteiger partial charge in [0.2, 0.25) is 5.91 Å². The van der Waals surface area contributed by atoms with Gasteiger partial charge in [0.1, 0.15) is 5.38 Å². The van der Waals surface area contributed by atoms with Gasteiger partial charge >= 0.3 is 0 Å². The zero-order valence-corrected chi connectivity index (χ0v) is 10.1. The Bertz CT molecular complexity index is 371. The highest BCUT2D eigenvalue weighted by molar-refractivity contribution is 6.30. The Hall–Kier alpha value is -1.03. The predicted molar refractivity (Wildman–Crippen MR) is 62.2 cm³/mol. The largest absolute Gasteiger partial charge is 0.352 e. The quantitative estimate of drug-likeness (QED) is 0.820. The van der Waals surface area contributed by atoms with Crippen LogP contribution in [-0.4, -0.2) is 21.7 Å². The minimum Gasteiger partial charge on any atom is -0.352 e. The molecule has 0 saturated heterocycles. The molecule has 1 fully saturated rings. The van der Waals surface area contributed by atoms with Gasteiger partial charge < -0.3 is 5.32 Å². The number of alkyl halides is 1. The van der Waals surface area contributed by atoms with Crippen LogP contribution in [0, 0.1) is 0 Å². The van der Waals surface area contributed by atoms with Gasteiger partial charge in [0.05, 0.1) is 6.20 Å². The van der Waals surface area contributed by atoms with Gasteiger partial charge in [0.25, 0.3) is 0 Å². The molecule has 0 bridgehead atoms. The molecule has 2 rings (SSSR count). The second-order valence-electron chi connectivity index (χ2n) is 4.30. The summed E-state index contributed by atoms with van der Waals surface area (Å²) < 4.78 is 1.65. The highest BCUT2D eigenvalue weighted by Crippen LogP contribution is 2.22. The molecule has 1 aliphatic rings. The van der Waals surface area contributed by atoms with Crippen LogP contribution < -0.4 is 5.32 Å². The Morgan fingerprint density at radius 3 is 2.88 bits per heavy atom. The van der Waals surface area contributed by atoms with E-state index in [9.17, 15) is 4.79 Å². The fourth-order valence-corrected chi connectivity index (χ4v) is 2.24. The molecule has 1 aliphatic carbocycles. The van der Waals surface area contributed by atoms with Crippen LogP contribution in [-0.2, 0) is 11.8 Å². The maximum Gasteiger partial charge on any atom is 0.242 e. The van der Waals surface area contributed by atoms with E-state index >= 15 is 0 Å². The third-order valence-corrected chi connectivity index (χ3v) is 3.40. The first-order chi connectivity index (χ1) is 7.66. The lowest BCUT2D eigenvalue weighted by atomic mass is 10.2. The first kappa shape index (κ1) is 11.5. The molecular formula is C11H16ClN3O. The van der Waals surface area contributed by atoms with E-state index in [2.05, 4.69) is 10.4 Å². The molecule has 4 nitrogen and oxygen atoms in total. The summed E-state index contributed by atoms with van der Waals surface area (Å²) in [6.45, 7) is 0. The molecule has 16 heavy (non-hydrogen) atoms. The summed E-state index contributed by atoms with van der Waals surface area (Å²) in [5, 5.41) is 6.35. The Morgan fingerprint density at radius 1 is 1.62 bits per heavy atom. The molecule has 1 aromatic heterocycles. The minimum absolute atomic E-state index is 0.110. The molecule has 1 unspecified atom stereocenters. The molecule has 1 N–H and O–H groups in total. The van der Waals surface area contributed by atoms with Crippen LogP contribution in [0.15, 0.2) is 12.4 Å². The van der Waals surface area contributed by atoms with Crippen molar-refractivity contribution in [1.29, 1.82) is 0 Å². The summed E-state index contributed by atoms with van der Waals surface area (Å²) in [6.07, 6.45) is 7.94. The average Bonchev–Trinajstić information content (AvgIpc) is 2.88. The van der Waals surface area contributed by atoms with Crippen LogP contribution in [0.25, 0.3) is 0 Å². The third-order valence-electron chi connectivity index (χ3n) is 2.95. The zero-order chi connectivity index (χ0) is 11.5. The Morgan fingerprint density at radius 2 is 2.31 bits per heavy atom. The molecule has 0 aromatic carbocycles. The summed E-state index contributed by atoms with van der Waals surface area (Å²) in [7, 11) is 1.81. The van der Waals surface area contributed by atoms with Crippen molar-refractivity contribution in [2.24, 2.45) is 7.05 Å². The van der Waals surface area contributed by atoms with E-state index in [1.165, 1.54) is 12.8 Å². The molecule has 1 atom stereocenters. The monoisotopic (exact) mass is 241 g/mol. The van der Waals surface area contributed by atoms with Crippen LogP contribution in [0.2, 0.25) is 0 Å². The van der Waals surface area contributed by atoms with Crippen molar-refractivity contribution in [1.82, 2.24) is 15.1 Å². The number of nitrogens with zero attached hydrogens (tertiary/aromatic N) is 2. The van der Waals surface area contributed by atoms with Crippen LogP contribution >= 0.6 is 11.6 Å². The summed E-state index contributed by atoms with van der Waals surface area (Å²) in [5.41, 5.74) is 0.750. The van der Waals surface area contributed by atoms with E-state index in [0.717, 1.165) is 18.4 Å². The molecular weight excluding hydrogens is 226 g/mol. The lowest BCUT2D eigenvalue weighted by Gasteiger charge is -2.14. The Kier molecular flexibility index (Phi) is 3.49. The van der Waals surface area contributed by atoms with Crippen LogP contribution in [0.3, 0.4) is 0 Å². The summed E-state index contributed by atoms with van der Waals surface area (Å²) in [6, 6.07) is 0.311. The van der Waals surface area contributed by atoms with Gasteiger partial charge in [-0.15, -0.1) is 11.6 Å². The smallest absolute Gasteiger partial charge is 0.242 e. The van der Waals surface area contributed by atoms with Crippen molar-refractivity contribution >= 4 is 17.5 Å². The molecule has 1 aromatic rings. The average molecular weight is 242 g/mol. The zero-order valence-electron chi connectivity index (χ0n) is 9.32.